The zero-order valence-corrected chi connectivity index (χ0v) is 11.8. The van der Waals surface area contributed by atoms with Crippen LogP contribution in [0, 0.1) is 5.41 Å². The molecule has 0 aromatic rings. The van der Waals surface area contributed by atoms with Gasteiger partial charge in [0, 0.05) is 17.8 Å². The zero-order chi connectivity index (χ0) is 11.8. The van der Waals surface area contributed by atoms with Gasteiger partial charge in [-0.1, -0.05) is 27.7 Å². The van der Waals surface area contributed by atoms with E-state index in [1.807, 2.05) is 0 Å². The Bertz CT molecular complexity index is 251. The Balaban J connectivity index is 2.13. The quantitative estimate of drug-likeness (QED) is 0.765. The number of hydrogen-bond donors (Lipinski definition) is 1. The number of thioether (sulfide) groups is 1. The lowest BCUT2D eigenvalue weighted by Gasteiger charge is -2.46. The van der Waals surface area contributed by atoms with Crippen LogP contribution in [0.2, 0.25) is 0 Å². The van der Waals surface area contributed by atoms with Crippen molar-refractivity contribution in [3.8, 4) is 0 Å². The van der Waals surface area contributed by atoms with E-state index in [9.17, 15) is 0 Å². The molecule has 1 N–H and O–H groups in total. The van der Waals surface area contributed by atoms with E-state index < -0.39 is 0 Å². The highest BCUT2D eigenvalue weighted by Gasteiger charge is 2.50. The smallest absolute Gasteiger partial charge is 0.0958 e. The summed E-state index contributed by atoms with van der Waals surface area (Å²) in [6, 6.07) is 0.534. The molecule has 0 saturated carbocycles. The van der Waals surface area contributed by atoms with Gasteiger partial charge in [-0.25, -0.2) is 0 Å². The molecule has 16 heavy (non-hydrogen) atoms. The average molecular weight is 243 g/mol. The van der Waals surface area contributed by atoms with E-state index in [1.54, 1.807) is 0 Å². The van der Waals surface area contributed by atoms with Crippen molar-refractivity contribution in [2.24, 2.45) is 5.41 Å². The fraction of sp³-hybridized carbons (Fsp3) is 1.00. The standard InChI is InChI=1S/C13H25NOS/c1-10-13(5-8-16-10)11(9-12(2,3)4)14-6-7-15-13/h10-11,14H,5-9H2,1-4H3. The first-order valence-corrected chi connectivity index (χ1v) is 7.48. The van der Waals surface area contributed by atoms with E-state index in [1.165, 1.54) is 18.6 Å². The SMILES string of the molecule is CC1SCCC12OCCNC2CC(C)(C)C. The predicted octanol–water partition coefficient (Wildman–Crippen LogP) is 2.68. The molecule has 0 aromatic carbocycles. The number of ether oxygens (including phenoxy) is 1. The van der Waals surface area contributed by atoms with Crippen LogP contribution >= 0.6 is 11.8 Å². The van der Waals surface area contributed by atoms with Crippen molar-refractivity contribution in [2.45, 2.75) is 57.4 Å². The van der Waals surface area contributed by atoms with E-state index in [-0.39, 0.29) is 5.60 Å². The largest absolute Gasteiger partial charge is 0.371 e. The van der Waals surface area contributed by atoms with Crippen LogP contribution in [0.15, 0.2) is 0 Å². The molecule has 2 aliphatic rings. The molecule has 2 nitrogen and oxygen atoms in total. The lowest BCUT2D eigenvalue weighted by atomic mass is 9.77. The third-order valence-corrected chi connectivity index (χ3v) is 5.16. The van der Waals surface area contributed by atoms with E-state index in [0.29, 0.717) is 16.7 Å². The predicted molar refractivity (Wildman–Crippen MR) is 71.1 cm³/mol. The third kappa shape index (κ3) is 2.41. The molecule has 0 aromatic heterocycles. The number of morpholine rings is 1. The van der Waals surface area contributed by atoms with E-state index >= 15 is 0 Å². The molecule has 3 atom stereocenters. The van der Waals surface area contributed by atoms with Gasteiger partial charge < -0.3 is 10.1 Å². The summed E-state index contributed by atoms with van der Waals surface area (Å²) < 4.78 is 6.21. The summed E-state index contributed by atoms with van der Waals surface area (Å²) in [7, 11) is 0. The van der Waals surface area contributed by atoms with Gasteiger partial charge in [0.25, 0.3) is 0 Å². The Kier molecular flexibility index (Phi) is 3.58. The van der Waals surface area contributed by atoms with E-state index in [2.05, 4.69) is 44.8 Å². The van der Waals surface area contributed by atoms with Crippen LogP contribution in [0.4, 0.5) is 0 Å². The third-order valence-electron chi connectivity index (χ3n) is 3.82. The molecular weight excluding hydrogens is 218 g/mol. The van der Waals surface area contributed by atoms with Crippen LogP contribution in [0.3, 0.4) is 0 Å². The number of hydrogen-bond acceptors (Lipinski definition) is 3. The summed E-state index contributed by atoms with van der Waals surface area (Å²) in [5.74, 6) is 1.25. The van der Waals surface area contributed by atoms with Gasteiger partial charge in [-0.15, -0.1) is 0 Å². The summed E-state index contributed by atoms with van der Waals surface area (Å²) in [6.07, 6.45) is 2.42. The second kappa shape index (κ2) is 4.51. The van der Waals surface area contributed by atoms with Crippen molar-refractivity contribution in [1.29, 1.82) is 0 Å². The second-order valence-electron chi connectivity index (χ2n) is 6.34. The molecule has 3 heteroatoms. The van der Waals surface area contributed by atoms with Gasteiger partial charge in [0.1, 0.15) is 0 Å². The van der Waals surface area contributed by atoms with Crippen molar-refractivity contribution in [1.82, 2.24) is 5.32 Å². The van der Waals surface area contributed by atoms with Crippen LogP contribution < -0.4 is 5.32 Å². The summed E-state index contributed by atoms with van der Waals surface area (Å²) in [6.45, 7) is 11.2. The Morgan fingerprint density at radius 1 is 1.44 bits per heavy atom. The van der Waals surface area contributed by atoms with Gasteiger partial charge in [-0.3, -0.25) is 0 Å². The molecule has 0 amide bonds. The van der Waals surface area contributed by atoms with Crippen molar-refractivity contribution in [3.05, 3.63) is 0 Å². The molecule has 2 heterocycles. The highest BCUT2D eigenvalue weighted by molar-refractivity contribution is 8.00. The normalized spacial score (nSPS) is 40.5. The lowest BCUT2D eigenvalue weighted by molar-refractivity contribution is -0.100. The molecule has 2 aliphatic heterocycles. The molecule has 0 bridgehead atoms. The number of rotatable bonds is 1. The number of nitrogens with one attached hydrogen (secondary N) is 1. The summed E-state index contributed by atoms with van der Waals surface area (Å²) >= 11 is 2.07. The van der Waals surface area contributed by atoms with Crippen LogP contribution in [0.1, 0.15) is 40.5 Å². The van der Waals surface area contributed by atoms with E-state index in [0.717, 1.165) is 13.2 Å². The molecule has 3 unspecified atom stereocenters. The average Bonchev–Trinajstić information content (AvgIpc) is 2.51. The first-order chi connectivity index (χ1) is 7.44. The van der Waals surface area contributed by atoms with Crippen molar-refractivity contribution in [2.75, 3.05) is 18.9 Å². The van der Waals surface area contributed by atoms with Gasteiger partial charge in [0.05, 0.1) is 12.2 Å². The summed E-state index contributed by atoms with van der Waals surface area (Å²) in [5, 5.41) is 4.33. The maximum atomic E-state index is 6.21. The molecule has 2 fully saturated rings. The molecule has 2 saturated heterocycles. The maximum absolute atomic E-state index is 6.21. The Morgan fingerprint density at radius 2 is 2.19 bits per heavy atom. The van der Waals surface area contributed by atoms with Crippen LogP contribution in [0.5, 0.6) is 0 Å². The van der Waals surface area contributed by atoms with Gasteiger partial charge in [-0.05, 0) is 24.0 Å². The molecular formula is C13H25NOS. The Morgan fingerprint density at radius 3 is 2.75 bits per heavy atom. The topological polar surface area (TPSA) is 21.3 Å². The Hall–Kier alpha value is 0.270. The van der Waals surface area contributed by atoms with Crippen LogP contribution in [-0.4, -0.2) is 35.8 Å². The minimum Gasteiger partial charge on any atom is -0.371 e. The zero-order valence-electron chi connectivity index (χ0n) is 11.0. The van der Waals surface area contributed by atoms with Crippen molar-refractivity contribution in [3.63, 3.8) is 0 Å². The second-order valence-corrected chi connectivity index (χ2v) is 7.79. The first kappa shape index (κ1) is 12.7. The van der Waals surface area contributed by atoms with E-state index in [4.69, 9.17) is 4.74 Å². The fourth-order valence-corrected chi connectivity index (χ4v) is 4.41. The summed E-state index contributed by atoms with van der Waals surface area (Å²) in [4.78, 5) is 0. The minimum absolute atomic E-state index is 0.107. The molecule has 0 aliphatic carbocycles. The van der Waals surface area contributed by atoms with Gasteiger partial charge in [-0.2, -0.15) is 11.8 Å². The fourth-order valence-electron chi connectivity index (χ4n) is 2.99. The van der Waals surface area contributed by atoms with Crippen LogP contribution in [0.25, 0.3) is 0 Å². The summed E-state index contributed by atoms with van der Waals surface area (Å²) in [5.41, 5.74) is 0.481. The van der Waals surface area contributed by atoms with Crippen molar-refractivity contribution < 1.29 is 4.74 Å². The maximum Gasteiger partial charge on any atom is 0.0958 e. The molecule has 1 spiro atoms. The van der Waals surface area contributed by atoms with Crippen molar-refractivity contribution >= 4 is 11.8 Å². The Labute approximate surface area is 104 Å². The highest BCUT2D eigenvalue weighted by atomic mass is 32.2. The lowest BCUT2D eigenvalue weighted by Crippen LogP contribution is -2.61. The molecule has 0 radical (unpaired) electrons. The minimum atomic E-state index is 0.107. The van der Waals surface area contributed by atoms with Gasteiger partial charge >= 0.3 is 0 Å². The first-order valence-electron chi connectivity index (χ1n) is 6.43. The van der Waals surface area contributed by atoms with Gasteiger partial charge in [0.2, 0.25) is 0 Å². The molecule has 2 rings (SSSR count). The van der Waals surface area contributed by atoms with Crippen LogP contribution in [-0.2, 0) is 4.74 Å². The van der Waals surface area contributed by atoms with Gasteiger partial charge in [0.15, 0.2) is 0 Å². The monoisotopic (exact) mass is 243 g/mol. The molecule has 94 valence electrons. The highest BCUT2D eigenvalue weighted by Crippen LogP contribution is 2.44.